The minimum Gasteiger partial charge on any atom is -0.451 e. The fourth-order valence-corrected chi connectivity index (χ4v) is 4.67. The zero-order chi connectivity index (χ0) is 18.7. The number of anilines is 1. The second-order valence-corrected chi connectivity index (χ2v) is 9.03. The molecule has 26 heavy (non-hydrogen) atoms. The summed E-state index contributed by atoms with van der Waals surface area (Å²) in [6.07, 6.45) is 1.48. The molecule has 1 aromatic carbocycles. The van der Waals surface area contributed by atoms with E-state index >= 15 is 0 Å². The predicted molar refractivity (Wildman–Crippen MR) is 100.0 cm³/mol. The number of amides is 1. The number of ether oxygens (including phenoxy) is 1. The molecule has 0 radical (unpaired) electrons. The Morgan fingerprint density at radius 3 is 2.50 bits per heavy atom. The Morgan fingerprint density at radius 1 is 1.19 bits per heavy atom. The number of rotatable bonds is 5. The van der Waals surface area contributed by atoms with Gasteiger partial charge in [-0.05, 0) is 37.3 Å². The Kier molecular flexibility index (Phi) is 5.24. The molecular formula is C18H17NO5S2. The van der Waals surface area contributed by atoms with Crippen LogP contribution < -0.4 is 4.90 Å². The van der Waals surface area contributed by atoms with Crippen molar-refractivity contribution in [1.82, 2.24) is 0 Å². The van der Waals surface area contributed by atoms with Crippen molar-refractivity contribution in [3.05, 3.63) is 63.7 Å². The molecule has 0 unspecified atom stereocenters. The van der Waals surface area contributed by atoms with Gasteiger partial charge in [-0.3, -0.25) is 4.79 Å². The normalized spacial score (nSPS) is 17.8. The van der Waals surface area contributed by atoms with E-state index in [9.17, 15) is 18.0 Å². The highest BCUT2D eigenvalue weighted by Crippen LogP contribution is 2.23. The van der Waals surface area contributed by atoms with Gasteiger partial charge in [0.2, 0.25) is 0 Å². The van der Waals surface area contributed by atoms with E-state index in [1.165, 1.54) is 22.3 Å². The van der Waals surface area contributed by atoms with Crippen LogP contribution in [0.3, 0.4) is 0 Å². The Balaban J connectivity index is 1.75. The van der Waals surface area contributed by atoms with Gasteiger partial charge in [-0.25, -0.2) is 13.2 Å². The Hall–Kier alpha value is -2.45. The number of carbonyl (C=O) groups is 2. The number of carbonyl (C=O) groups excluding carboxylic acids is 2. The predicted octanol–water partition coefficient (Wildman–Crippen LogP) is 2.56. The molecule has 136 valence electrons. The number of nitrogens with zero attached hydrogens (tertiary/aromatic N) is 1. The summed E-state index contributed by atoms with van der Waals surface area (Å²) in [6, 6.07) is 11.5. The topological polar surface area (TPSA) is 80.8 Å². The van der Waals surface area contributed by atoms with Crippen molar-refractivity contribution in [2.24, 2.45) is 0 Å². The van der Waals surface area contributed by atoms with E-state index in [0.29, 0.717) is 10.6 Å². The summed E-state index contributed by atoms with van der Waals surface area (Å²) < 4.78 is 28.6. The van der Waals surface area contributed by atoms with Gasteiger partial charge in [0.15, 0.2) is 16.4 Å². The molecule has 3 rings (SSSR count). The van der Waals surface area contributed by atoms with Crippen LogP contribution in [0.15, 0.2) is 53.9 Å². The Bertz CT molecular complexity index is 947. The van der Waals surface area contributed by atoms with Crippen molar-refractivity contribution < 1.29 is 22.7 Å². The number of hydrogen-bond donors (Lipinski definition) is 0. The second-order valence-electron chi connectivity index (χ2n) is 5.81. The Morgan fingerprint density at radius 2 is 1.92 bits per heavy atom. The molecule has 0 saturated carbocycles. The molecule has 8 heteroatoms. The lowest BCUT2D eigenvalue weighted by atomic mass is 10.2. The van der Waals surface area contributed by atoms with Crippen LogP contribution in [0.25, 0.3) is 0 Å². The standard InChI is InChI=1S/C18H17NO5S2/c1-13-7-8-16(25-13)18(21)24-11-17(20)19(14-5-3-2-4-6-14)15-9-10-26(22,23)12-15/h2-10,15H,11-12H2,1H3/t15-/m0/s1. The summed E-state index contributed by atoms with van der Waals surface area (Å²) >= 11 is 1.29. The lowest BCUT2D eigenvalue weighted by Crippen LogP contribution is -2.43. The van der Waals surface area contributed by atoms with Crippen molar-refractivity contribution in [3.63, 3.8) is 0 Å². The molecule has 6 nitrogen and oxygen atoms in total. The highest BCUT2D eigenvalue weighted by atomic mass is 32.2. The van der Waals surface area contributed by atoms with Gasteiger partial charge in [0.05, 0.1) is 11.8 Å². The summed E-state index contributed by atoms with van der Waals surface area (Å²) in [7, 11) is -3.33. The highest BCUT2D eigenvalue weighted by Gasteiger charge is 2.31. The molecule has 2 heterocycles. The first-order chi connectivity index (χ1) is 12.4. The summed E-state index contributed by atoms with van der Waals surface area (Å²) in [5.41, 5.74) is 0.548. The van der Waals surface area contributed by atoms with E-state index in [4.69, 9.17) is 4.74 Å². The van der Waals surface area contributed by atoms with Crippen LogP contribution in [0.2, 0.25) is 0 Å². The summed E-state index contributed by atoms with van der Waals surface area (Å²) in [5, 5.41) is 1.11. The maximum atomic E-state index is 12.7. The van der Waals surface area contributed by atoms with Crippen molar-refractivity contribution in [2.45, 2.75) is 13.0 Å². The van der Waals surface area contributed by atoms with Crippen molar-refractivity contribution in [2.75, 3.05) is 17.3 Å². The van der Waals surface area contributed by atoms with Crippen LogP contribution >= 0.6 is 11.3 Å². The van der Waals surface area contributed by atoms with E-state index in [0.717, 1.165) is 10.3 Å². The minimum atomic E-state index is -3.33. The first kappa shape index (κ1) is 18.3. The summed E-state index contributed by atoms with van der Waals surface area (Å²) in [5.74, 6) is -1.24. The number of thiophene rings is 1. The molecule has 0 spiro atoms. The lowest BCUT2D eigenvalue weighted by molar-refractivity contribution is -0.121. The molecule has 0 saturated heterocycles. The molecule has 1 aliphatic rings. The quantitative estimate of drug-likeness (QED) is 0.732. The molecule has 0 N–H and O–H groups in total. The molecule has 1 aromatic heterocycles. The number of esters is 1. The fourth-order valence-electron chi connectivity index (χ4n) is 2.64. The van der Waals surface area contributed by atoms with Crippen LogP contribution in [0.4, 0.5) is 5.69 Å². The van der Waals surface area contributed by atoms with E-state index in [-0.39, 0.29) is 5.75 Å². The SMILES string of the molecule is Cc1ccc(C(=O)OCC(=O)N(c2ccccc2)[C@H]2C=CS(=O)(=O)C2)s1. The van der Waals surface area contributed by atoms with Crippen LogP contribution in [-0.4, -0.2) is 38.7 Å². The third kappa shape index (κ3) is 4.20. The third-order valence-corrected chi connectivity index (χ3v) is 6.17. The smallest absolute Gasteiger partial charge is 0.348 e. The molecule has 1 aliphatic heterocycles. The molecule has 1 amide bonds. The van der Waals surface area contributed by atoms with Gasteiger partial charge in [-0.2, -0.15) is 0 Å². The van der Waals surface area contributed by atoms with Crippen molar-refractivity contribution >= 4 is 38.7 Å². The van der Waals surface area contributed by atoms with Gasteiger partial charge in [0.1, 0.15) is 4.88 Å². The first-order valence-electron chi connectivity index (χ1n) is 7.87. The van der Waals surface area contributed by atoms with Crippen LogP contribution in [0.5, 0.6) is 0 Å². The van der Waals surface area contributed by atoms with Crippen molar-refractivity contribution in [3.8, 4) is 0 Å². The van der Waals surface area contributed by atoms with Gasteiger partial charge in [0.25, 0.3) is 5.91 Å². The molecule has 0 aliphatic carbocycles. The van der Waals surface area contributed by atoms with Gasteiger partial charge in [0, 0.05) is 16.0 Å². The largest absolute Gasteiger partial charge is 0.451 e. The van der Waals surface area contributed by atoms with Crippen LogP contribution in [-0.2, 0) is 19.4 Å². The van der Waals surface area contributed by atoms with Gasteiger partial charge >= 0.3 is 5.97 Å². The van der Waals surface area contributed by atoms with Gasteiger partial charge in [-0.1, -0.05) is 18.2 Å². The summed E-state index contributed by atoms with van der Waals surface area (Å²) in [6.45, 7) is 1.41. The maximum absolute atomic E-state index is 12.7. The molecule has 2 aromatic rings. The monoisotopic (exact) mass is 391 g/mol. The number of hydrogen-bond acceptors (Lipinski definition) is 6. The van der Waals surface area contributed by atoms with E-state index in [2.05, 4.69) is 0 Å². The first-order valence-corrected chi connectivity index (χ1v) is 10.4. The number of sulfone groups is 1. The van der Waals surface area contributed by atoms with Crippen LogP contribution in [0.1, 0.15) is 14.5 Å². The number of benzene rings is 1. The Labute approximate surface area is 155 Å². The molecule has 1 atom stereocenters. The molecule has 0 bridgehead atoms. The maximum Gasteiger partial charge on any atom is 0.348 e. The third-order valence-electron chi connectivity index (χ3n) is 3.81. The van der Waals surface area contributed by atoms with Crippen LogP contribution in [0, 0.1) is 6.92 Å². The average molecular weight is 391 g/mol. The van der Waals surface area contributed by atoms with E-state index < -0.39 is 34.4 Å². The highest BCUT2D eigenvalue weighted by molar-refractivity contribution is 7.94. The lowest BCUT2D eigenvalue weighted by Gasteiger charge is -2.27. The van der Waals surface area contributed by atoms with Crippen molar-refractivity contribution in [1.29, 1.82) is 0 Å². The van der Waals surface area contributed by atoms with Gasteiger partial charge < -0.3 is 9.64 Å². The zero-order valence-electron chi connectivity index (χ0n) is 14.0. The average Bonchev–Trinajstić information content (AvgIpc) is 3.19. The number of para-hydroxylation sites is 1. The summed E-state index contributed by atoms with van der Waals surface area (Å²) in [4.78, 5) is 27.5. The minimum absolute atomic E-state index is 0.189. The zero-order valence-corrected chi connectivity index (χ0v) is 15.6. The molecular weight excluding hydrogens is 374 g/mol. The van der Waals surface area contributed by atoms with E-state index in [1.54, 1.807) is 42.5 Å². The number of aryl methyl sites for hydroxylation is 1. The molecule has 0 fully saturated rings. The second kappa shape index (κ2) is 7.43. The van der Waals surface area contributed by atoms with E-state index in [1.807, 2.05) is 6.92 Å². The fraction of sp³-hybridized carbons (Fsp3) is 0.222. The van der Waals surface area contributed by atoms with Gasteiger partial charge in [-0.15, -0.1) is 11.3 Å².